The lowest BCUT2D eigenvalue weighted by molar-refractivity contribution is -0.144. The minimum atomic E-state index is -4.53. The van der Waals surface area contributed by atoms with Crippen LogP contribution in [0.4, 0.5) is 17.6 Å². The topological polar surface area (TPSA) is 41.6 Å². The molecular weight excluding hydrogens is 270 g/mol. The number of hydrogen-bond acceptors (Lipinski definition) is 3. The zero-order valence-electron chi connectivity index (χ0n) is 8.83. The number of rotatable bonds is 3. The number of nitrogens with one attached hydrogen (secondary N) is 1. The summed E-state index contributed by atoms with van der Waals surface area (Å²) in [5, 5.41) is 5.28. The van der Waals surface area contributed by atoms with E-state index in [0.717, 1.165) is 17.3 Å². The Hall–Kier alpha value is -1.57. The number of benzene rings is 1. The smallest absolute Gasteiger partial charge is 0.254 e. The first kappa shape index (κ1) is 12.9. The van der Waals surface area contributed by atoms with Crippen LogP contribution in [0.3, 0.4) is 0 Å². The Morgan fingerprint density at radius 2 is 1.83 bits per heavy atom. The maximum Gasteiger partial charge on any atom is 0.451 e. The summed E-state index contributed by atoms with van der Waals surface area (Å²) < 4.78 is 49.3. The number of hydrogen-bond donors (Lipinski definition) is 1. The highest BCUT2D eigenvalue weighted by molar-refractivity contribution is 7.98. The Morgan fingerprint density at radius 3 is 2.39 bits per heavy atom. The second-order valence-corrected chi connectivity index (χ2v) is 4.32. The molecule has 1 N–H and O–H groups in total. The van der Waals surface area contributed by atoms with Gasteiger partial charge in [-0.1, -0.05) is 23.9 Å². The maximum absolute atomic E-state index is 12.6. The first-order valence-electron chi connectivity index (χ1n) is 4.82. The molecule has 0 aliphatic carbocycles. The molecule has 0 aliphatic heterocycles. The molecule has 0 atom stereocenters. The van der Waals surface area contributed by atoms with E-state index in [-0.39, 0.29) is 11.0 Å². The molecule has 1 aromatic carbocycles. The highest BCUT2D eigenvalue weighted by atomic mass is 32.2. The van der Waals surface area contributed by atoms with Gasteiger partial charge in [-0.05, 0) is 17.7 Å². The van der Waals surface area contributed by atoms with Gasteiger partial charge in [0, 0.05) is 5.75 Å². The van der Waals surface area contributed by atoms with Gasteiger partial charge in [0.1, 0.15) is 5.82 Å². The van der Waals surface area contributed by atoms with Crippen LogP contribution in [-0.4, -0.2) is 15.2 Å². The van der Waals surface area contributed by atoms with Crippen LogP contribution >= 0.6 is 11.8 Å². The molecule has 0 aliphatic rings. The summed E-state index contributed by atoms with van der Waals surface area (Å²) >= 11 is 1.04. The van der Waals surface area contributed by atoms with E-state index in [0.29, 0.717) is 5.75 Å². The first-order chi connectivity index (χ1) is 8.45. The van der Waals surface area contributed by atoms with Crippen molar-refractivity contribution < 1.29 is 17.6 Å². The molecule has 0 amide bonds. The van der Waals surface area contributed by atoms with E-state index in [4.69, 9.17) is 0 Å². The molecule has 2 aromatic rings. The first-order valence-corrected chi connectivity index (χ1v) is 5.80. The zero-order valence-corrected chi connectivity index (χ0v) is 9.65. The standard InChI is InChI=1S/C10H7F4N3S/c11-7-3-1-6(2-4-7)5-18-9-15-8(16-17-9)10(12,13)14/h1-4H,5H2,(H,15,16,17). The Bertz CT molecular complexity index is 521. The summed E-state index contributed by atoms with van der Waals surface area (Å²) in [7, 11) is 0. The van der Waals surface area contributed by atoms with E-state index in [1.807, 2.05) is 5.10 Å². The van der Waals surface area contributed by atoms with Crippen LogP contribution in [0.15, 0.2) is 29.4 Å². The van der Waals surface area contributed by atoms with Gasteiger partial charge >= 0.3 is 6.18 Å². The van der Waals surface area contributed by atoms with Crippen LogP contribution in [0.2, 0.25) is 0 Å². The van der Waals surface area contributed by atoms with Crippen molar-refractivity contribution in [2.45, 2.75) is 17.1 Å². The molecule has 2 rings (SSSR count). The Morgan fingerprint density at radius 1 is 1.17 bits per heavy atom. The van der Waals surface area contributed by atoms with Gasteiger partial charge in [-0.3, -0.25) is 5.10 Å². The zero-order chi connectivity index (χ0) is 13.2. The van der Waals surface area contributed by atoms with Gasteiger partial charge in [-0.15, -0.1) is 5.10 Å². The summed E-state index contributed by atoms with van der Waals surface area (Å²) in [5.41, 5.74) is 0.778. The van der Waals surface area contributed by atoms with Crippen molar-refractivity contribution in [2.24, 2.45) is 0 Å². The molecule has 3 nitrogen and oxygen atoms in total. The fourth-order valence-corrected chi connectivity index (χ4v) is 1.92. The van der Waals surface area contributed by atoms with Crippen molar-refractivity contribution in [1.29, 1.82) is 0 Å². The van der Waals surface area contributed by atoms with E-state index in [1.54, 1.807) is 12.1 Å². The van der Waals surface area contributed by atoms with Gasteiger partial charge in [0.25, 0.3) is 0 Å². The number of aromatic nitrogens is 3. The van der Waals surface area contributed by atoms with Crippen LogP contribution in [0.1, 0.15) is 11.4 Å². The highest BCUT2D eigenvalue weighted by Crippen LogP contribution is 2.28. The third-order valence-corrected chi connectivity index (χ3v) is 2.93. The molecular formula is C10H7F4N3S. The number of H-pyrrole nitrogens is 1. The van der Waals surface area contributed by atoms with Gasteiger partial charge in [0.15, 0.2) is 0 Å². The lowest BCUT2D eigenvalue weighted by atomic mass is 10.2. The maximum atomic E-state index is 12.6. The Balaban J connectivity index is 1.98. The van der Waals surface area contributed by atoms with E-state index in [1.165, 1.54) is 12.1 Å². The number of thioether (sulfide) groups is 1. The fourth-order valence-electron chi connectivity index (χ4n) is 1.17. The molecule has 1 heterocycles. The third kappa shape index (κ3) is 3.22. The minimum absolute atomic E-state index is 0.00616. The average molecular weight is 277 g/mol. The average Bonchev–Trinajstić information content (AvgIpc) is 2.77. The highest BCUT2D eigenvalue weighted by Gasteiger charge is 2.35. The molecule has 0 saturated carbocycles. The normalized spacial score (nSPS) is 11.8. The third-order valence-electron chi connectivity index (χ3n) is 2.01. The van der Waals surface area contributed by atoms with Gasteiger partial charge in [-0.25, -0.2) is 4.39 Å². The predicted octanol–water partition coefficient (Wildman–Crippen LogP) is 3.25. The lowest BCUT2D eigenvalue weighted by Crippen LogP contribution is -2.07. The summed E-state index contributed by atoms with van der Waals surface area (Å²) in [5.74, 6) is -1.11. The van der Waals surface area contributed by atoms with Crippen molar-refractivity contribution in [2.75, 3.05) is 0 Å². The van der Waals surface area contributed by atoms with Crippen molar-refractivity contribution in [1.82, 2.24) is 15.2 Å². The second-order valence-electron chi connectivity index (χ2n) is 3.38. The largest absolute Gasteiger partial charge is 0.451 e. The van der Waals surface area contributed by atoms with Crippen LogP contribution in [0.5, 0.6) is 0 Å². The number of alkyl halides is 3. The van der Waals surface area contributed by atoms with E-state index >= 15 is 0 Å². The van der Waals surface area contributed by atoms with Crippen molar-refractivity contribution in [3.05, 3.63) is 41.5 Å². The molecule has 0 saturated heterocycles. The SMILES string of the molecule is Fc1ccc(CSc2n[nH]c(C(F)(F)F)n2)cc1. The summed E-state index contributed by atoms with van der Waals surface area (Å²) in [6.07, 6.45) is -4.53. The number of aromatic amines is 1. The molecule has 18 heavy (non-hydrogen) atoms. The molecule has 0 bridgehead atoms. The monoisotopic (exact) mass is 277 g/mol. The van der Waals surface area contributed by atoms with E-state index in [9.17, 15) is 17.6 Å². The molecule has 0 unspecified atom stereocenters. The fraction of sp³-hybridized carbons (Fsp3) is 0.200. The van der Waals surface area contributed by atoms with Crippen LogP contribution < -0.4 is 0 Å². The Labute approximate surface area is 104 Å². The molecule has 0 radical (unpaired) electrons. The van der Waals surface area contributed by atoms with Crippen LogP contribution in [-0.2, 0) is 11.9 Å². The second kappa shape index (κ2) is 4.97. The van der Waals surface area contributed by atoms with Crippen molar-refractivity contribution in [3.8, 4) is 0 Å². The Kier molecular flexibility index (Phi) is 3.55. The predicted molar refractivity (Wildman–Crippen MR) is 57.3 cm³/mol. The van der Waals surface area contributed by atoms with Gasteiger partial charge in [-0.2, -0.15) is 18.2 Å². The van der Waals surface area contributed by atoms with E-state index in [2.05, 4.69) is 10.1 Å². The number of halogens is 4. The van der Waals surface area contributed by atoms with Gasteiger partial charge in [0.2, 0.25) is 11.0 Å². The van der Waals surface area contributed by atoms with Gasteiger partial charge < -0.3 is 0 Å². The molecule has 8 heteroatoms. The summed E-state index contributed by atoms with van der Waals surface area (Å²) in [6.45, 7) is 0. The summed E-state index contributed by atoms with van der Waals surface area (Å²) in [4.78, 5) is 3.31. The van der Waals surface area contributed by atoms with E-state index < -0.39 is 12.0 Å². The van der Waals surface area contributed by atoms with Crippen LogP contribution in [0, 0.1) is 5.82 Å². The van der Waals surface area contributed by atoms with Crippen molar-refractivity contribution >= 4 is 11.8 Å². The number of nitrogens with zero attached hydrogens (tertiary/aromatic N) is 2. The quantitative estimate of drug-likeness (QED) is 0.691. The lowest BCUT2D eigenvalue weighted by Gasteiger charge is -1.99. The van der Waals surface area contributed by atoms with Gasteiger partial charge in [0.05, 0.1) is 0 Å². The summed E-state index contributed by atoms with van der Waals surface area (Å²) in [6, 6.07) is 5.68. The van der Waals surface area contributed by atoms with Crippen molar-refractivity contribution in [3.63, 3.8) is 0 Å². The molecule has 0 spiro atoms. The van der Waals surface area contributed by atoms with Crippen LogP contribution in [0.25, 0.3) is 0 Å². The molecule has 1 aromatic heterocycles. The minimum Gasteiger partial charge on any atom is -0.254 e. The molecule has 0 fully saturated rings. The molecule has 96 valence electrons.